The topological polar surface area (TPSA) is 234 Å². The minimum atomic E-state index is -1.80. The molecule has 3 aliphatic rings. The Morgan fingerprint density at radius 2 is 1.52 bits per heavy atom. The van der Waals surface area contributed by atoms with Crippen molar-refractivity contribution in [2.24, 2.45) is 0 Å². The molecule has 0 aromatic heterocycles. The smallest absolute Gasteiger partial charge is 0.342 e. The van der Waals surface area contributed by atoms with Crippen molar-refractivity contribution < 1.29 is 74.1 Å². The summed E-state index contributed by atoms with van der Waals surface area (Å²) in [6, 6.07) is 4.67. The van der Waals surface area contributed by atoms with Crippen LogP contribution in [0.25, 0.3) is 10.8 Å². The molecule has 15 heteroatoms. The normalized spacial score (nSPS) is 36.8. The van der Waals surface area contributed by atoms with Gasteiger partial charge in [-0.25, -0.2) is 4.79 Å². The van der Waals surface area contributed by atoms with Gasteiger partial charge in [-0.05, 0) is 30.0 Å². The molecule has 0 radical (unpaired) electrons. The first kappa shape index (κ1) is 30.6. The third-order valence-electron chi connectivity index (χ3n) is 7.67. The zero-order valence-corrected chi connectivity index (χ0v) is 22.6. The number of fused-ring (bicyclic) bond motifs is 2. The Morgan fingerprint density at radius 1 is 0.881 bits per heavy atom. The number of methoxy groups -OCH3 is 1. The standard InChI is InChI=1S/C27H34O15/c1-9-3-10-4-11-5-12(37-2)6-13(16(11)20(31)17(10)25(36)39-9)40-27-24(35)22(33)19(30)15(42-27)8-38-26-23(34)21(32)18(29)14(7-28)41-26/h4-6,9,14-15,18-19,21-24,26-35H,3,7-8H2,1-2H3. The van der Waals surface area contributed by atoms with E-state index in [-0.39, 0.29) is 16.7 Å². The van der Waals surface area contributed by atoms with Gasteiger partial charge in [-0.3, -0.25) is 0 Å². The second-order valence-corrected chi connectivity index (χ2v) is 10.6. The summed E-state index contributed by atoms with van der Waals surface area (Å²) in [6.45, 7) is 0.478. The Kier molecular flexibility index (Phi) is 8.78. The summed E-state index contributed by atoms with van der Waals surface area (Å²) >= 11 is 0. The second-order valence-electron chi connectivity index (χ2n) is 10.6. The molecular formula is C27H34O15. The Bertz CT molecular complexity index is 1300. The molecule has 2 aromatic carbocycles. The minimum Gasteiger partial charge on any atom is -0.506 e. The van der Waals surface area contributed by atoms with Crippen molar-refractivity contribution in [3.63, 3.8) is 0 Å². The molecule has 11 atom stereocenters. The molecule has 2 saturated heterocycles. The van der Waals surface area contributed by atoms with E-state index >= 15 is 0 Å². The van der Waals surface area contributed by atoms with Gasteiger partial charge >= 0.3 is 5.97 Å². The van der Waals surface area contributed by atoms with Crippen molar-refractivity contribution in [1.29, 1.82) is 0 Å². The minimum absolute atomic E-state index is 0.0398. The van der Waals surface area contributed by atoms with Crippen LogP contribution in [-0.2, 0) is 25.4 Å². The molecule has 0 saturated carbocycles. The van der Waals surface area contributed by atoms with Crippen LogP contribution < -0.4 is 9.47 Å². The Labute approximate surface area is 238 Å². The monoisotopic (exact) mass is 598 g/mol. The highest BCUT2D eigenvalue weighted by atomic mass is 16.7. The number of phenolic OH excluding ortho intramolecular Hbond substituents is 1. The van der Waals surface area contributed by atoms with E-state index < -0.39 is 92.4 Å². The average Bonchev–Trinajstić information content (AvgIpc) is 2.95. The van der Waals surface area contributed by atoms with Gasteiger partial charge in [0.15, 0.2) is 6.29 Å². The largest absolute Gasteiger partial charge is 0.506 e. The molecule has 0 spiro atoms. The second kappa shape index (κ2) is 12.0. The highest BCUT2D eigenvalue weighted by molar-refractivity contribution is 6.06. The van der Waals surface area contributed by atoms with Gasteiger partial charge in [0.05, 0.1) is 25.7 Å². The highest BCUT2D eigenvalue weighted by Crippen LogP contribution is 2.43. The molecule has 5 rings (SSSR count). The number of hydrogen-bond donors (Lipinski definition) is 8. The predicted molar refractivity (Wildman–Crippen MR) is 138 cm³/mol. The Hall–Kier alpha value is -2.83. The molecule has 11 unspecified atom stereocenters. The average molecular weight is 599 g/mol. The van der Waals surface area contributed by atoms with Gasteiger partial charge in [-0.15, -0.1) is 0 Å². The number of aromatic hydroxyl groups is 1. The summed E-state index contributed by atoms with van der Waals surface area (Å²) in [5.74, 6) is -0.928. The molecule has 3 heterocycles. The van der Waals surface area contributed by atoms with Crippen LogP contribution in [0.15, 0.2) is 18.2 Å². The van der Waals surface area contributed by atoms with Gasteiger partial charge in [-0.1, -0.05) is 0 Å². The molecule has 2 fully saturated rings. The van der Waals surface area contributed by atoms with Crippen molar-refractivity contribution in [3.8, 4) is 17.2 Å². The molecule has 2 aromatic rings. The molecule has 0 aliphatic carbocycles. The maximum Gasteiger partial charge on any atom is 0.342 e. The Morgan fingerprint density at radius 3 is 2.19 bits per heavy atom. The van der Waals surface area contributed by atoms with Gasteiger partial charge in [0, 0.05) is 12.5 Å². The predicted octanol–water partition coefficient (Wildman–Crippen LogP) is -2.34. The SMILES string of the molecule is COc1cc(OC2OC(COC3OC(CO)C(O)C(O)C3O)C(O)C(O)C2O)c2c(O)c3c(cc2c1)CC(C)OC3=O. The third-order valence-corrected chi connectivity index (χ3v) is 7.67. The van der Waals surface area contributed by atoms with Crippen LogP contribution in [0.3, 0.4) is 0 Å². The van der Waals surface area contributed by atoms with Crippen LogP contribution in [0.5, 0.6) is 17.2 Å². The van der Waals surface area contributed by atoms with Gasteiger partial charge in [-0.2, -0.15) is 0 Å². The lowest BCUT2D eigenvalue weighted by atomic mass is 9.93. The van der Waals surface area contributed by atoms with E-state index in [1.165, 1.54) is 13.2 Å². The molecule has 8 N–H and O–H groups in total. The number of ether oxygens (including phenoxy) is 6. The number of hydrogen-bond acceptors (Lipinski definition) is 15. The zero-order chi connectivity index (χ0) is 30.5. The van der Waals surface area contributed by atoms with Crippen LogP contribution in [-0.4, -0.2) is 135 Å². The number of esters is 1. The molecule has 3 aliphatic heterocycles. The first-order valence-corrected chi connectivity index (χ1v) is 13.3. The number of aliphatic hydroxyl groups is 7. The van der Waals surface area contributed by atoms with Crippen molar-refractivity contribution in [3.05, 3.63) is 29.3 Å². The summed E-state index contributed by atoms with van der Waals surface area (Å²) in [7, 11) is 1.40. The van der Waals surface area contributed by atoms with Gasteiger partial charge in [0.25, 0.3) is 0 Å². The molecule has 0 bridgehead atoms. The van der Waals surface area contributed by atoms with Gasteiger partial charge in [0.2, 0.25) is 6.29 Å². The fourth-order valence-electron chi connectivity index (χ4n) is 5.38. The first-order valence-electron chi connectivity index (χ1n) is 13.3. The number of cyclic esters (lactones) is 1. The highest BCUT2D eigenvalue weighted by Gasteiger charge is 2.48. The summed E-state index contributed by atoms with van der Waals surface area (Å²) in [5.41, 5.74) is 0.517. The number of rotatable bonds is 7. The summed E-state index contributed by atoms with van der Waals surface area (Å²) in [6.07, 6.45) is -16.2. The molecule has 232 valence electrons. The van der Waals surface area contributed by atoms with E-state index in [1.807, 2.05) is 0 Å². The van der Waals surface area contributed by atoms with Crippen LogP contribution in [0.1, 0.15) is 22.8 Å². The van der Waals surface area contributed by atoms with Gasteiger partial charge < -0.3 is 69.3 Å². The lowest BCUT2D eigenvalue weighted by Gasteiger charge is -2.42. The van der Waals surface area contributed by atoms with Crippen molar-refractivity contribution in [2.45, 2.75) is 80.9 Å². The van der Waals surface area contributed by atoms with Crippen molar-refractivity contribution in [1.82, 2.24) is 0 Å². The van der Waals surface area contributed by atoms with E-state index in [4.69, 9.17) is 28.4 Å². The lowest BCUT2D eigenvalue weighted by molar-refractivity contribution is -0.323. The summed E-state index contributed by atoms with van der Waals surface area (Å²) in [5, 5.41) is 83.0. The number of phenols is 1. The molecular weight excluding hydrogens is 564 g/mol. The van der Waals surface area contributed by atoms with E-state index in [2.05, 4.69) is 0 Å². The van der Waals surface area contributed by atoms with E-state index in [0.717, 1.165) is 0 Å². The molecule has 42 heavy (non-hydrogen) atoms. The third kappa shape index (κ3) is 5.48. The maximum atomic E-state index is 12.6. The van der Waals surface area contributed by atoms with Crippen LogP contribution in [0.2, 0.25) is 0 Å². The fraction of sp³-hybridized carbons (Fsp3) is 0.593. The van der Waals surface area contributed by atoms with Crippen molar-refractivity contribution in [2.75, 3.05) is 20.3 Å². The zero-order valence-electron chi connectivity index (χ0n) is 22.6. The maximum absolute atomic E-state index is 12.6. The summed E-state index contributed by atoms with van der Waals surface area (Å²) in [4.78, 5) is 12.6. The summed E-state index contributed by atoms with van der Waals surface area (Å²) < 4.78 is 33.0. The van der Waals surface area contributed by atoms with Crippen LogP contribution in [0.4, 0.5) is 0 Å². The molecule has 15 nitrogen and oxygen atoms in total. The number of aliphatic hydroxyl groups excluding tert-OH is 7. The Balaban J connectivity index is 1.41. The number of carbonyl (C=O) groups is 1. The lowest BCUT2D eigenvalue weighted by Crippen LogP contribution is -2.62. The van der Waals surface area contributed by atoms with E-state index in [0.29, 0.717) is 23.1 Å². The number of carbonyl (C=O) groups excluding carboxylic acids is 1. The van der Waals surface area contributed by atoms with Gasteiger partial charge in [0.1, 0.15) is 77.7 Å². The van der Waals surface area contributed by atoms with Crippen LogP contribution in [0, 0.1) is 0 Å². The first-order chi connectivity index (χ1) is 19.9. The fourth-order valence-corrected chi connectivity index (χ4v) is 5.38. The van der Waals surface area contributed by atoms with E-state index in [9.17, 15) is 45.6 Å². The molecule has 0 amide bonds. The number of benzene rings is 2. The quantitative estimate of drug-likeness (QED) is 0.156. The van der Waals surface area contributed by atoms with Crippen LogP contribution >= 0.6 is 0 Å². The van der Waals surface area contributed by atoms with Crippen molar-refractivity contribution >= 4 is 16.7 Å². The van der Waals surface area contributed by atoms with E-state index in [1.54, 1.807) is 19.1 Å².